The number of nitrogens with two attached hydrogens (primary N) is 1. The molecule has 0 radical (unpaired) electrons. The van der Waals surface area contributed by atoms with Crippen LogP contribution in [0.15, 0.2) is 48.5 Å². The zero-order chi connectivity index (χ0) is 19.9. The van der Waals surface area contributed by atoms with Crippen molar-refractivity contribution >= 4 is 11.8 Å². The smallest absolute Gasteiger partial charge is 0.251 e. The van der Waals surface area contributed by atoms with E-state index in [2.05, 4.69) is 10.2 Å². The number of likely N-dealkylation sites (tertiary alicyclic amines) is 1. The van der Waals surface area contributed by atoms with Crippen molar-refractivity contribution in [3.8, 4) is 11.1 Å². The molecule has 148 valence electrons. The van der Waals surface area contributed by atoms with Crippen LogP contribution in [0.3, 0.4) is 0 Å². The molecular formula is C22H26FN3O2. The number of halogens is 1. The number of carbonyl (C=O) groups excluding carboxylic acids is 2. The molecule has 0 bridgehead atoms. The summed E-state index contributed by atoms with van der Waals surface area (Å²) in [7, 11) is 0. The second-order valence-electron chi connectivity index (χ2n) is 7.21. The van der Waals surface area contributed by atoms with Crippen molar-refractivity contribution in [1.82, 2.24) is 10.2 Å². The Hall–Kier alpha value is -2.73. The normalized spacial score (nSPS) is 17.2. The molecule has 6 heteroatoms. The lowest BCUT2D eigenvalue weighted by atomic mass is 9.97. The van der Waals surface area contributed by atoms with Crippen LogP contribution in [0, 0.1) is 11.7 Å². The molecule has 2 aromatic rings. The van der Waals surface area contributed by atoms with Gasteiger partial charge in [0, 0.05) is 24.2 Å². The first-order valence-electron chi connectivity index (χ1n) is 9.69. The zero-order valence-corrected chi connectivity index (χ0v) is 15.9. The largest absolute Gasteiger partial charge is 0.369 e. The second-order valence-corrected chi connectivity index (χ2v) is 7.21. The maximum atomic E-state index is 13.9. The number of benzene rings is 2. The van der Waals surface area contributed by atoms with Crippen LogP contribution >= 0.6 is 0 Å². The van der Waals surface area contributed by atoms with Gasteiger partial charge in [0.25, 0.3) is 5.91 Å². The first-order chi connectivity index (χ1) is 13.5. The topological polar surface area (TPSA) is 75.4 Å². The van der Waals surface area contributed by atoms with Gasteiger partial charge in [-0.1, -0.05) is 30.3 Å². The van der Waals surface area contributed by atoms with E-state index in [0.29, 0.717) is 24.2 Å². The quantitative estimate of drug-likeness (QED) is 0.722. The van der Waals surface area contributed by atoms with Gasteiger partial charge in [-0.15, -0.1) is 0 Å². The van der Waals surface area contributed by atoms with Crippen LogP contribution in [0.2, 0.25) is 0 Å². The number of primary amides is 1. The van der Waals surface area contributed by atoms with Gasteiger partial charge in [0.2, 0.25) is 5.91 Å². The summed E-state index contributed by atoms with van der Waals surface area (Å²) in [5.74, 6) is -0.710. The highest BCUT2D eigenvalue weighted by molar-refractivity contribution is 5.94. The van der Waals surface area contributed by atoms with E-state index in [1.54, 1.807) is 42.5 Å². The lowest BCUT2D eigenvalue weighted by molar-refractivity contribution is -0.123. The number of rotatable bonds is 7. The van der Waals surface area contributed by atoms with E-state index in [-0.39, 0.29) is 23.5 Å². The summed E-state index contributed by atoms with van der Waals surface area (Å²) in [5.41, 5.74) is 7.21. The fraction of sp³-hybridized carbons (Fsp3) is 0.364. The van der Waals surface area contributed by atoms with Gasteiger partial charge in [0.05, 0.1) is 5.92 Å². The third-order valence-electron chi connectivity index (χ3n) is 5.18. The lowest BCUT2D eigenvalue weighted by Gasteiger charge is -2.31. The van der Waals surface area contributed by atoms with Gasteiger partial charge in [0.1, 0.15) is 5.82 Å². The maximum Gasteiger partial charge on any atom is 0.251 e. The monoisotopic (exact) mass is 383 g/mol. The van der Waals surface area contributed by atoms with Crippen molar-refractivity contribution in [2.75, 3.05) is 26.2 Å². The van der Waals surface area contributed by atoms with Crippen molar-refractivity contribution in [2.24, 2.45) is 11.7 Å². The molecule has 28 heavy (non-hydrogen) atoms. The number of amides is 2. The van der Waals surface area contributed by atoms with Gasteiger partial charge >= 0.3 is 0 Å². The minimum atomic E-state index is -0.281. The number of piperidine rings is 1. The molecule has 0 unspecified atom stereocenters. The molecule has 2 aromatic carbocycles. The molecule has 3 rings (SSSR count). The summed E-state index contributed by atoms with van der Waals surface area (Å²) in [4.78, 5) is 25.8. The van der Waals surface area contributed by atoms with E-state index in [9.17, 15) is 14.0 Å². The third-order valence-corrected chi connectivity index (χ3v) is 5.18. The molecule has 1 heterocycles. The van der Waals surface area contributed by atoms with E-state index >= 15 is 0 Å². The van der Waals surface area contributed by atoms with Gasteiger partial charge < -0.3 is 16.0 Å². The average Bonchev–Trinajstić information content (AvgIpc) is 2.72. The Bertz CT molecular complexity index is 823. The van der Waals surface area contributed by atoms with E-state index < -0.39 is 0 Å². The Balaban J connectivity index is 1.45. The molecule has 5 nitrogen and oxygen atoms in total. The fourth-order valence-electron chi connectivity index (χ4n) is 3.59. The number of hydrogen-bond donors (Lipinski definition) is 2. The second kappa shape index (κ2) is 9.46. The van der Waals surface area contributed by atoms with Crippen LogP contribution < -0.4 is 11.1 Å². The van der Waals surface area contributed by atoms with Crippen molar-refractivity contribution in [1.29, 1.82) is 0 Å². The summed E-state index contributed by atoms with van der Waals surface area (Å²) < 4.78 is 13.9. The molecule has 3 N–H and O–H groups in total. The van der Waals surface area contributed by atoms with Crippen molar-refractivity contribution in [3.05, 3.63) is 59.9 Å². The zero-order valence-electron chi connectivity index (χ0n) is 15.9. The Morgan fingerprint density at radius 3 is 2.61 bits per heavy atom. The van der Waals surface area contributed by atoms with Crippen LogP contribution in [0.1, 0.15) is 29.6 Å². The minimum Gasteiger partial charge on any atom is -0.369 e. The van der Waals surface area contributed by atoms with Gasteiger partial charge in [-0.2, -0.15) is 0 Å². The van der Waals surface area contributed by atoms with Crippen LogP contribution in [0.25, 0.3) is 11.1 Å². The molecule has 2 amide bonds. The van der Waals surface area contributed by atoms with Crippen molar-refractivity contribution in [2.45, 2.75) is 19.3 Å². The standard InChI is InChI=1S/C22H26FN3O2/c23-20-7-2-1-6-19(20)16-8-10-17(11-9-16)22(28)25-12-4-14-26-13-3-5-18(15-26)21(24)27/h1-2,6-11,18H,3-5,12-15H2,(H2,24,27)(H,25,28)/t18-/m0/s1. The van der Waals surface area contributed by atoms with E-state index in [4.69, 9.17) is 5.73 Å². The highest BCUT2D eigenvalue weighted by atomic mass is 19.1. The first-order valence-corrected chi connectivity index (χ1v) is 9.69. The fourth-order valence-corrected chi connectivity index (χ4v) is 3.59. The summed E-state index contributed by atoms with van der Waals surface area (Å²) in [6.07, 6.45) is 2.66. The molecular weight excluding hydrogens is 357 g/mol. The van der Waals surface area contributed by atoms with Crippen LogP contribution in [0.5, 0.6) is 0 Å². The summed E-state index contributed by atoms with van der Waals surface area (Å²) in [6.45, 7) is 3.07. The molecule has 0 saturated carbocycles. The predicted octanol–water partition coefficient (Wildman–Crippen LogP) is 2.81. The molecule has 1 fully saturated rings. The van der Waals surface area contributed by atoms with Gasteiger partial charge in [-0.05, 0) is 56.1 Å². The Morgan fingerprint density at radius 2 is 1.89 bits per heavy atom. The Kier molecular flexibility index (Phi) is 6.76. The molecule has 0 aliphatic carbocycles. The van der Waals surface area contributed by atoms with Gasteiger partial charge in [0.15, 0.2) is 0 Å². The van der Waals surface area contributed by atoms with E-state index in [1.807, 2.05) is 0 Å². The van der Waals surface area contributed by atoms with E-state index in [0.717, 1.165) is 37.9 Å². The number of nitrogens with zero attached hydrogens (tertiary/aromatic N) is 1. The predicted molar refractivity (Wildman–Crippen MR) is 107 cm³/mol. The van der Waals surface area contributed by atoms with Crippen LogP contribution in [-0.4, -0.2) is 42.9 Å². The summed E-state index contributed by atoms with van der Waals surface area (Å²) >= 11 is 0. The lowest BCUT2D eigenvalue weighted by Crippen LogP contribution is -2.42. The van der Waals surface area contributed by atoms with Gasteiger partial charge in [-0.25, -0.2) is 4.39 Å². The average molecular weight is 383 g/mol. The van der Waals surface area contributed by atoms with Crippen LogP contribution in [-0.2, 0) is 4.79 Å². The molecule has 1 atom stereocenters. The Labute approximate surface area is 164 Å². The molecule has 1 saturated heterocycles. The number of hydrogen-bond acceptors (Lipinski definition) is 3. The number of nitrogens with one attached hydrogen (secondary N) is 1. The highest BCUT2D eigenvalue weighted by Gasteiger charge is 2.23. The highest BCUT2D eigenvalue weighted by Crippen LogP contribution is 2.22. The van der Waals surface area contributed by atoms with Crippen LogP contribution in [0.4, 0.5) is 4.39 Å². The first kappa shape index (κ1) is 20.0. The third kappa shape index (κ3) is 5.16. The molecule has 0 aromatic heterocycles. The SMILES string of the molecule is NC(=O)[C@H]1CCCN(CCCNC(=O)c2ccc(-c3ccccc3F)cc2)C1. The van der Waals surface area contributed by atoms with Crippen molar-refractivity contribution in [3.63, 3.8) is 0 Å². The summed E-state index contributed by atoms with van der Waals surface area (Å²) in [6, 6.07) is 13.5. The minimum absolute atomic E-state index is 0.0590. The molecule has 1 aliphatic heterocycles. The summed E-state index contributed by atoms with van der Waals surface area (Å²) in [5, 5.41) is 2.91. The van der Waals surface area contributed by atoms with Crippen molar-refractivity contribution < 1.29 is 14.0 Å². The molecule has 1 aliphatic rings. The van der Waals surface area contributed by atoms with Gasteiger partial charge in [-0.3, -0.25) is 9.59 Å². The Morgan fingerprint density at radius 1 is 1.14 bits per heavy atom. The molecule has 0 spiro atoms. The van der Waals surface area contributed by atoms with E-state index in [1.165, 1.54) is 6.07 Å². The number of carbonyl (C=O) groups is 2. The maximum absolute atomic E-state index is 13.9.